The monoisotopic (exact) mass is 372 g/mol. The molecule has 1 heterocycles. The Morgan fingerprint density at radius 2 is 1.68 bits per heavy atom. The molecule has 0 aliphatic carbocycles. The van der Waals surface area contributed by atoms with Crippen LogP contribution >= 0.6 is 11.6 Å². The van der Waals surface area contributed by atoms with Crippen LogP contribution in [0, 0.1) is 0 Å². The summed E-state index contributed by atoms with van der Waals surface area (Å²) in [4.78, 5) is 16.4. The van der Waals surface area contributed by atoms with E-state index in [1.807, 2.05) is 0 Å². The Morgan fingerprint density at radius 3 is 2.36 bits per heavy atom. The molecule has 2 aromatic carbocycles. The first kappa shape index (κ1) is 17.1. The number of nitrogens with zero attached hydrogens (tertiary/aromatic N) is 1. The van der Waals surface area contributed by atoms with Crippen molar-refractivity contribution < 1.29 is 13.2 Å². The summed E-state index contributed by atoms with van der Waals surface area (Å²) in [6.07, 6.45) is 3.04. The zero-order chi connectivity index (χ0) is 17.9. The topological polar surface area (TPSA) is 76.1 Å². The molecule has 0 unspecified atom stereocenters. The first-order chi connectivity index (χ1) is 12.0. The van der Waals surface area contributed by atoms with E-state index in [4.69, 9.17) is 11.6 Å². The van der Waals surface area contributed by atoms with E-state index < -0.39 is 10.0 Å². The second kappa shape index (κ2) is 7.04. The summed E-state index contributed by atoms with van der Waals surface area (Å²) >= 11 is 5.78. The molecular weight excluding hydrogens is 360 g/mol. The van der Waals surface area contributed by atoms with E-state index in [2.05, 4.69) is 9.71 Å². The summed E-state index contributed by atoms with van der Waals surface area (Å²) in [5.41, 5.74) is 1.09. The van der Waals surface area contributed by atoms with Gasteiger partial charge in [-0.25, -0.2) is 8.42 Å². The first-order valence-electron chi connectivity index (χ1n) is 7.29. The number of halogens is 1. The highest BCUT2D eigenvalue weighted by Gasteiger charge is 2.15. The Bertz CT molecular complexity index is 1000. The fourth-order valence-electron chi connectivity index (χ4n) is 2.22. The molecular formula is C18H13ClN2O3S. The Kier molecular flexibility index (Phi) is 4.83. The maximum Gasteiger partial charge on any atom is 0.261 e. The van der Waals surface area contributed by atoms with Crippen molar-refractivity contribution in [1.82, 2.24) is 4.98 Å². The number of ketones is 1. The van der Waals surface area contributed by atoms with Gasteiger partial charge in [-0.1, -0.05) is 23.7 Å². The van der Waals surface area contributed by atoms with Gasteiger partial charge in [-0.15, -0.1) is 0 Å². The first-order valence-corrected chi connectivity index (χ1v) is 9.15. The van der Waals surface area contributed by atoms with E-state index in [9.17, 15) is 13.2 Å². The number of hydrogen-bond donors (Lipinski definition) is 1. The third-order valence-corrected chi connectivity index (χ3v) is 5.07. The molecule has 1 N–H and O–H groups in total. The molecule has 0 atom stereocenters. The Labute approximate surface area is 150 Å². The third-order valence-electron chi connectivity index (χ3n) is 3.42. The predicted octanol–water partition coefficient (Wildman–Crippen LogP) is 3.77. The van der Waals surface area contributed by atoms with Crippen LogP contribution in [0.25, 0.3) is 0 Å². The minimum atomic E-state index is -3.77. The molecule has 0 spiro atoms. The number of pyridine rings is 1. The summed E-state index contributed by atoms with van der Waals surface area (Å²) < 4.78 is 27.3. The zero-order valence-electron chi connectivity index (χ0n) is 12.9. The molecule has 0 amide bonds. The minimum Gasteiger partial charge on any atom is -0.289 e. The molecule has 3 aromatic rings. The normalized spacial score (nSPS) is 11.1. The molecule has 0 saturated carbocycles. The second-order valence-electron chi connectivity index (χ2n) is 5.21. The summed E-state index contributed by atoms with van der Waals surface area (Å²) in [6.45, 7) is 0. The van der Waals surface area contributed by atoms with Crippen LogP contribution in [0.1, 0.15) is 15.9 Å². The van der Waals surface area contributed by atoms with Crippen LogP contribution in [0.3, 0.4) is 0 Å². The van der Waals surface area contributed by atoms with Crippen LogP contribution < -0.4 is 4.72 Å². The zero-order valence-corrected chi connectivity index (χ0v) is 14.5. The molecule has 0 fully saturated rings. The number of carbonyl (C=O) groups excluding carboxylic acids is 1. The van der Waals surface area contributed by atoms with Gasteiger partial charge >= 0.3 is 0 Å². The smallest absolute Gasteiger partial charge is 0.261 e. The fraction of sp³-hybridized carbons (Fsp3) is 0. The number of rotatable bonds is 5. The van der Waals surface area contributed by atoms with Crippen LogP contribution in [-0.2, 0) is 10.0 Å². The van der Waals surface area contributed by atoms with Crippen molar-refractivity contribution in [1.29, 1.82) is 0 Å². The number of nitrogens with one attached hydrogen (secondary N) is 1. The second-order valence-corrected chi connectivity index (χ2v) is 7.33. The maximum absolute atomic E-state index is 12.4. The Hall–Kier alpha value is -2.70. The van der Waals surface area contributed by atoms with Crippen LogP contribution in [0.2, 0.25) is 5.02 Å². The van der Waals surface area contributed by atoms with Crippen molar-refractivity contribution in [2.24, 2.45) is 0 Å². The van der Waals surface area contributed by atoms with Crippen molar-refractivity contribution >= 4 is 33.1 Å². The van der Waals surface area contributed by atoms with Crippen molar-refractivity contribution in [3.63, 3.8) is 0 Å². The molecule has 0 aliphatic rings. The number of sulfonamides is 1. The van der Waals surface area contributed by atoms with Gasteiger partial charge in [0.15, 0.2) is 5.78 Å². The minimum absolute atomic E-state index is 0.0842. The van der Waals surface area contributed by atoms with Crippen LogP contribution in [0.5, 0.6) is 0 Å². The molecule has 0 saturated heterocycles. The summed E-state index contributed by atoms with van der Waals surface area (Å²) in [5, 5.41) is 0.447. The van der Waals surface area contributed by atoms with Gasteiger partial charge in [0, 0.05) is 34.2 Å². The standard InChI is InChI=1S/C18H13ClN2O3S/c19-15-6-8-17(9-7-15)25(23,24)21-16-5-1-3-13(11-16)18(22)14-4-2-10-20-12-14/h1-12,21H. The third kappa shape index (κ3) is 4.04. The van der Waals surface area contributed by atoms with Crippen LogP contribution in [0.15, 0.2) is 78.0 Å². The lowest BCUT2D eigenvalue weighted by Crippen LogP contribution is -2.13. The van der Waals surface area contributed by atoms with Gasteiger partial charge in [-0.05, 0) is 48.5 Å². The lowest BCUT2D eigenvalue weighted by atomic mass is 10.0. The SMILES string of the molecule is O=C(c1cccnc1)c1cccc(NS(=O)(=O)c2ccc(Cl)cc2)c1. The number of anilines is 1. The van der Waals surface area contributed by atoms with Gasteiger partial charge in [-0.2, -0.15) is 0 Å². The van der Waals surface area contributed by atoms with E-state index in [1.165, 1.54) is 36.5 Å². The molecule has 0 radical (unpaired) electrons. The van der Waals surface area contributed by atoms with Crippen molar-refractivity contribution in [3.8, 4) is 0 Å². The van der Waals surface area contributed by atoms with Gasteiger partial charge in [-0.3, -0.25) is 14.5 Å². The lowest BCUT2D eigenvalue weighted by molar-refractivity contribution is 0.103. The molecule has 0 aliphatic heterocycles. The fourth-order valence-corrected chi connectivity index (χ4v) is 3.39. The molecule has 1 aromatic heterocycles. The maximum atomic E-state index is 12.4. The number of hydrogen-bond acceptors (Lipinski definition) is 4. The van der Waals surface area contributed by atoms with Gasteiger partial charge < -0.3 is 0 Å². The number of carbonyl (C=O) groups is 1. The van der Waals surface area contributed by atoms with Crippen molar-refractivity contribution in [3.05, 3.63) is 89.2 Å². The van der Waals surface area contributed by atoms with Crippen molar-refractivity contribution in [2.75, 3.05) is 4.72 Å². The van der Waals surface area contributed by atoms with Crippen LogP contribution in [0.4, 0.5) is 5.69 Å². The molecule has 126 valence electrons. The van der Waals surface area contributed by atoms with Gasteiger partial charge in [0.1, 0.15) is 0 Å². The molecule has 25 heavy (non-hydrogen) atoms. The average molecular weight is 373 g/mol. The van der Waals surface area contributed by atoms with Crippen molar-refractivity contribution in [2.45, 2.75) is 4.90 Å². The number of aromatic nitrogens is 1. The Balaban J connectivity index is 1.87. The van der Waals surface area contributed by atoms with E-state index in [0.29, 0.717) is 21.8 Å². The van der Waals surface area contributed by atoms with Gasteiger partial charge in [0.25, 0.3) is 10.0 Å². The average Bonchev–Trinajstić information content (AvgIpc) is 2.62. The molecule has 3 rings (SSSR count). The highest BCUT2D eigenvalue weighted by molar-refractivity contribution is 7.92. The Morgan fingerprint density at radius 1 is 0.960 bits per heavy atom. The van der Waals surface area contributed by atoms with Gasteiger partial charge in [0.05, 0.1) is 4.90 Å². The largest absolute Gasteiger partial charge is 0.289 e. The molecule has 5 nitrogen and oxygen atoms in total. The van der Waals surface area contributed by atoms with E-state index in [-0.39, 0.29) is 10.7 Å². The highest BCUT2D eigenvalue weighted by atomic mass is 35.5. The van der Waals surface area contributed by atoms with E-state index in [0.717, 1.165) is 0 Å². The van der Waals surface area contributed by atoms with Crippen LogP contribution in [-0.4, -0.2) is 19.2 Å². The van der Waals surface area contributed by atoms with E-state index >= 15 is 0 Å². The molecule has 0 bridgehead atoms. The quantitative estimate of drug-likeness (QED) is 0.692. The molecule has 7 heteroatoms. The predicted molar refractivity (Wildman–Crippen MR) is 96.4 cm³/mol. The van der Waals surface area contributed by atoms with Gasteiger partial charge in [0.2, 0.25) is 0 Å². The van der Waals surface area contributed by atoms with E-state index in [1.54, 1.807) is 36.5 Å². The highest BCUT2D eigenvalue weighted by Crippen LogP contribution is 2.20. The summed E-state index contributed by atoms with van der Waals surface area (Å²) in [5.74, 6) is -0.236. The number of benzene rings is 2. The lowest BCUT2D eigenvalue weighted by Gasteiger charge is -2.09. The summed E-state index contributed by atoms with van der Waals surface area (Å²) in [7, 11) is -3.77. The summed E-state index contributed by atoms with van der Waals surface area (Å²) in [6, 6.07) is 15.4.